The van der Waals surface area contributed by atoms with E-state index in [1.165, 1.54) is 40.5 Å². The Balaban J connectivity index is 1.93. The topological polar surface area (TPSA) is 58.2 Å². The van der Waals surface area contributed by atoms with Crippen molar-refractivity contribution in [3.63, 3.8) is 0 Å². The van der Waals surface area contributed by atoms with Gasteiger partial charge in [0, 0.05) is 17.5 Å². The largest absolute Gasteiger partial charge is 0.355 e. The molecule has 0 fully saturated rings. The lowest BCUT2D eigenvalue weighted by Gasteiger charge is -2.18. The second-order valence-corrected chi connectivity index (χ2v) is 7.20. The molecule has 1 heterocycles. The van der Waals surface area contributed by atoms with E-state index in [1.54, 1.807) is 7.05 Å². The number of halogens is 1. The molecule has 0 saturated carbocycles. The van der Waals surface area contributed by atoms with Crippen molar-refractivity contribution in [3.05, 3.63) is 51.7 Å². The molecule has 1 aromatic heterocycles. The molecule has 2 amide bonds. The summed E-state index contributed by atoms with van der Waals surface area (Å²) in [4.78, 5) is 25.9. The molecule has 1 aromatic carbocycles. The number of hydrogen-bond acceptors (Lipinski definition) is 3. The fraction of sp³-hybridized carbons (Fsp3) is 0.333. The van der Waals surface area contributed by atoms with Gasteiger partial charge in [-0.2, -0.15) is 0 Å². The van der Waals surface area contributed by atoms with Gasteiger partial charge in [0.2, 0.25) is 0 Å². The molecule has 0 spiro atoms. The summed E-state index contributed by atoms with van der Waals surface area (Å²) >= 11 is 1.47. The van der Waals surface area contributed by atoms with Gasteiger partial charge >= 0.3 is 0 Å². The Hall–Kier alpha value is -2.21. The first kappa shape index (κ1) is 16.6. The molecule has 0 radical (unpaired) electrons. The molecule has 0 aliphatic heterocycles. The van der Waals surface area contributed by atoms with Gasteiger partial charge in [-0.25, -0.2) is 4.39 Å². The lowest BCUT2D eigenvalue weighted by Crippen LogP contribution is -2.22. The lowest BCUT2D eigenvalue weighted by molar-refractivity contribution is 0.0963. The van der Waals surface area contributed by atoms with Gasteiger partial charge in [-0.05, 0) is 55.0 Å². The standard InChI is InChI=1S/C18H19FN2O2S/c1-10-3-8-13-14(9-10)24-18(15(13)17(23)20-2)21-16(22)11-4-6-12(19)7-5-11/h4-7,10H,3,8-9H2,1-2H3,(H,20,23)(H,21,22). The van der Waals surface area contributed by atoms with Crippen molar-refractivity contribution in [1.82, 2.24) is 5.32 Å². The van der Waals surface area contributed by atoms with E-state index in [0.29, 0.717) is 22.0 Å². The van der Waals surface area contributed by atoms with E-state index >= 15 is 0 Å². The summed E-state index contributed by atoms with van der Waals surface area (Å²) in [6.07, 6.45) is 2.82. The summed E-state index contributed by atoms with van der Waals surface area (Å²) < 4.78 is 13.0. The zero-order valence-electron chi connectivity index (χ0n) is 13.6. The van der Waals surface area contributed by atoms with Gasteiger partial charge in [-0.1, -0.05) is 6.92 Å². The third-order valence-electron chi connectivity index (χ3n) is 4.30. The number of carbonyl (C=O) groups is 2. The Labute approximate surface area is 144 Å². The first-order valence-electron chi connectivity index (χ1n) is 7.93. The van der Waals surface area contributed by atoms with E-state index in [4.69, 9.17) is 0 Å². The molecule has 2 N–H and O–H groups in total. The highest BCUT2D eigenvalue weighted by Gasteiger charge is 2.28. The van der Waals surface area contributed by atoms with Crippen LogP contribution >= 0.6 is 11.3 Å². The molecular weight excluding hydrogens is 327 g/mol. The van der Waals surface area contributed by atoms with Gasteiger partial charge in [0.05, 0.1) is 5.56 Å². The number of anilines is 1. The van der Waals surface area contributed by atoms with Gasteiger partial charge in [-0.3, -0.25) is 9.59 Å². The van der Waals surface area contributed by atoms with Crippen LogP contribution in [0, 0.1) is 11.7 Å². The zero-order valence-corrected chi connectivity index (χ0v) is 14.4. The fourth-order valence-corrected chi connectivity index (χ4v) is 4.38. The molecule has 126 valence electrons. The van der Waals surface area contributed by atoms with E-state index in [-0.39, 0.29) is 11.8 Å². The summed E-state index contributed by atoms with van der Waals surface area (Å²) in [6, 6.07) is 5.35. The van der Waals surface area contributed by atoms with Crippen LogP contribution in [-0.4, -0.2) is 18.9 Å². The van der Waals surface area contributed by atoms with Crippen molar-refractivity contribution in [2.75, 3.05) is 12.4 Å². The number of hydrogen-bond donors (Lipinski definition) is 2. The van der Waals surface area contributed by atoms with Gasteiger partial charge in [-0.15, -0.1) is 11.3 Å². The van der Waals surface area contributed by atoms with E-state index in [2.05, 4.69) is 17.6 Å². The molecule has 1 aliphatic carbocycles. The van der Waals surface area contributed by atoms with E-state index in [9.17, 15) is 14.0 Å². The number of thiophene rings is 1. The maximum absolute atomic E-state index is 13.0. The van der Waals surface area contributed by atoms with Gasteiger partial charge in [0.25, 0.3) is 11.8 Å². The number of amides is 2. The molecule has 24 heavy (non-hydrogen) atoms. The summed E-state index contributed by atoms with van der Waals surface area (Å²) in [5.74, 6) is -0.337. The predicted octanol–water partition coefficient (Wildman–Crippen LogP) is 3.62. The molecule has 3 rings (SSSR count). The molecule has 1 unspecified atom stereocenters. The lowest BCUT2D eigenvalue weighted by atomic mass is 9.88. The van der Waals surface area contributed by atoms with Gasteiger partial charge in [0.15, 0.2) is 0 Å². The normalized spacial score (nSPS) is 16.4. The Bertz CT molecular complexity index is 783. The van der Waals surface area contributed by atoms with Crippen LogP contribution in [0.5, 0.6) is 0 Å². The van der Waals surface area contributed by atoms with Gasteiger partial charge in [0.1, 0.15) is 10.8 Å². The van der Waals surface area contributed by atoms with Crippen LogP contribution in [0.2, 0.25) is 0 Å². The predicted molar refractivity (Wildman–Crippen MR) is 93.3 cm³/mol. The molecular formula is C18H19FN2O2S. The van der Waals surface area contributed by atoms with Crippen molar-refractivity contribution in [1.29, 1.82) is 0 Å². The Morgan fingerprint density at radius 2 is 1.92 bits per heavy atom. The van der Waals surface area contributed by atoms with Crippen LogP contribution < -0.4 is 10.6 Å². The minimum absolute atomic E-state index is 0.184. The SMILES string of the molecule is CNC(=O)c1c(NC(=O)c2ccc(F)cc2)sc2c1CCC(C)C2. The quantitative estimate of drug-likeness (QED) is 0.892. The van der Waals surface area contributed by atoms with Crippen LogP contribution in [0.1, 0.15) is 44.5 Å². The Kier molecular flexibility index (Phi) is 4.66. The average molecular weight is 346 g/mol. The van der Waals surface area contributed by atoms with Crippen LogP contribution in [0.4, 0.5) is 9.39 Å². The summed E-state index contributed by atoms with van der Waals surface area (Å²) in [5.41, 5.74) is 1.98. The smallest absolute Gasteiger partial charge is 0.256 e. The molecule has 1 aliphatic rings. The molecule has 2 aromatic rings. The molecule has 0 bridgehead atoms. The van der Waals surface area contributed by atoms with Crippen LogP contribution in [-0.2, 0) is 12.8 Å². The van der Waals surface area contributed by atoms with E-state index in [0.717, 1.165) is 24.8 Å². The first-order chi connectivity index (χ1) is 11.5. The molecule has 1 atom stereocenters. The number of carbonyl (C=O) groups excluding carboxylic acids is 2. The summed E-state index contributed by atoms with van der Waals surface area (Å²) in [5, 5.41) is 6.06. The highest BCUT2D eigenvalue weighted by Crippen LogP contribution is 2.39. The second-order valence-electron chi connectivity index (χ2n) is 6.10. The number of nitrogens with one attached hydrogen (secondary N) is 2. The maximum Gasteiger partial charge on any atom is 0.256 e. The fourth-order valence-electron chi connectivity index (χ4n) is 2.98. The average Bonchev–Trinajstić information content (AvgIpc) is 2.91. The minimum atomic E-state index is -0.391. The highest BCUT2D eigenvalue weighted by molar-refractivity contribution is 7.17. The van der Waals surface area contributed by atoms with Crippen molar-refractivity contribution in [3.8, 4) is 0 Å². The Morgan fingerprint density at radius 3 is 2.58 bits per heavy atom. The molecule has 4 nitrogen and oxygen atoms in total. The Morgan fingerprint density at radius 1 is 1.21 bits per heavy atom. The molecule has 6 heteroatoms. The summed E-state index contributed by atoms with van der Waals surface area (Å²) in [6.45, 7) is 2.19. The van der Waals surface area contributed by atoms with Crippen molar-refractivity contribution >= 4 is 28.2 Å². The van der Waals surface area contributed by atoms with E-state index in [1.807, 2.05) is 0 Å². The van der Waals surface area contributed by atoms with Crippen LogP contribution in [0.15, 0.2) is 24.3 Å². The van der Waals surface area contributed by atoms with Crippen LogP contribution in [0.3, 0.4) is 0 Å². The number of fused-ring (bicyclic) bond motifs is 1. The van der Waals surface area contributed by atoms with Crippen molar-refractivity contribution < 1.29 is 14.0 Å². The maximum atomic E-state index is 13.0. The van der Waals surface area contributed by atoms with Crippen molar-refractivity contribution in [2.24, 2.45) is 5.92 Å². The monoisotopic (exact) mass is 346 g/mol. The summed E-state index contributed by atoms with van der Waals surface area (Å²) in [7, 11) is 1.59. The third-order valence-corrected chi connectivity index (χ3v) is 5.47. The zero-order chi connectivity index (χ0) is 17.3. The highest BCUT2D eigenvalue weighted by atomic mass is 32.1. The van der Waals surface area contributed by atoms with Gasteiger partial charge < -0.3 is 10.6 Å². The van der Waals surface area contributed by atoms with Crippen molar-refractivity contribution in [2.45, 2.75) is 26.2 Å². The second kappa shape index (κ2) is 6.73. The molecule has 0 saturated heterocycles. The number of benzene rings is 1. The van der Waals surface area contributed by atoms with E-state index < -0.39 is 5.82 Å². The third kappa shape index (κ3) is 3.19. The number of rotatable bonds is 3. The van der Waals surface area contributed by atoms with Crippen LogP contribution in [0.25, 0.3) is 0 Å². The minimum Gasteiger partial charge on any atom is -0.355 e. The first-order valence-corrected chi connectivity index (χ1v) is 8.74.